The van der Waals surface area contributed by atoms with Gasteiger partial charge in [-0.05, 0) is 54.4 Å². The number of amides is 1. The molecule has 1 aliphatic rings. The standard InChI is InChI=1S/C30H31NO7/c1-19-6-5-7-20(16-19)18-38-23-11-8-21(9-12-23)28(32)26-27(31(14-15-35-2)30(34)29(26)33)22-10-13-24(36-3)25(17-22)37-4/h5-13,16-17,27,32H,14-15,18H2,1-4H3/b28-26+/t27-/m1/s1. The Morgan fingerprint density at radius 2 is 1.66 bits per heavy atom. The van der Waals surface area contributed by atoms with E-state index >= 15 is 0 Å². The number of hydrogen-bond donors (Lipinski definition) is 1. The van der Waals surface area contributed by atoms with Crippen molar-refractivity contribution in [2.24, 2.45) is 0 Å². The molecule has 8 nitrogen and oxygen atoms in total. The van der Waals surface area contributed by atoms with Gasteiger partial charge in [0.15, 0.2) is 11.5 Å². The molecule has 0 saturated carbocycles. The van der Waals surface area contributed by atoms with Crippen LogP contribution in [-0.4, -0.2) is 56.2 Å². The molecule has 4 rings (SSSR count). The van der Waals surface area contributed by atoms with E-state index in [0.29, 0.717) is 35.0 Å². The van der Waals surface area contributed by atoms with E-state index < -0.39 is 17.7 Å². The zero-order valence-corrected chi connectivity index (χ0v) is 21.9. The molecule has 0 aliphatic carbocycles. The molecule has 1 N–H and O–H groups in total. The van der Waals surface area contributed by atoms with Crippen LogP contribution in [0.5, 0.6) is 17.2 Å². The molecule has 0 bridgehead atoms. The van der Waals surface area contributed by atoms with Crippen molar-refractivity contribution in [3.63, 3.8) is 0 Å². The fourth-order valence-corrected chi connectivity index (χ4v) is 4.50. The lowest BCUT2D eigenvalue weighted by molar-refractivity contribution is -0.140. The largest absolute Gasteiger partial charge is 0.507 e. The summed E-state index contributed by atoms with van der Waals surface area (Å²) >= 11 is 0. The summed E-state index contributed by atoms with van der Waals surface area (Å²) < 4.78 is 21.8. The van der Waals surface area contributed by atoms with Crippen LogP contribution in [0.4, 0.5) is 0 Å². The van der Waals surface area contributed by atoms with Crippen molar-refractivity contribution in [3.05, 3.63) is 94.6 Å². The molecule has 3 aromatic rings. The summed E-state index contributed by atoms with van der Waals surface area (Å²) in [5.74, 6) is -0.184. The van der Waals surface area contributed by atoms with Crippen molar-refractivity contribution in [2.45, 2.75) is 19.6 Å². The molecular weight excluding hydrogens is 486 g/mol. The van der Waals surface area contributed by atoms with E-state index in [9.17, 15) is 14.7 Å². The third kappa shape index (κ3) is 5.50. The number of ketones is 1. The number of likely N-dealkylation sites (tertiary alicyclic amines) is 1. The molecule has 1 heterocycles. The van der Waals surface area contributed by atoms with Gasteiger partial charge in [-0.2, -0.15) is 0 Å². The molecular formula is C30H31NO7. The predicted molar refractivity (Wildman–Crippen MR) is 142 cm³/mol. The van der Waals surface area contributed by atoms with Gasteiger partial charge >= 0.3 is 0 Å². The van der Waals surface area contributed by atoms with E-state index in [1.807, 2.05) is 25.1 Å². The summed E-state index contributed by atoms with van der Waals surface area (Å²) in [4.78, 5) is 27.6. The van der Waals surface area contributed by atoms with Gasteiger partial charge in [0.2, 0.25) is 0 Å². The Hall–Kier alpha value is -4.30. The van der Waals surface area contributed by atoms with E-state index in [-0.39, 0.29) is 24.5 Å². The number of aliphatic hydroxyl groups excluding tert-OH is 1. The number of hydrogen-bond acceptors (Lipinski definition) is 7. The summed E-state index contributed by atoms with van der Waals surface area (Å²) in [6.07, 6.45) is 0. The molecule has 1 aliphatic heterocycles. The number of carbonyl (C=O) groups is 2. The summed E-state index contributed by atoms with van der Waals surface area (Å²) in [5, 5.41) is 11.3. The van der Waals surface area contributed by atoms with Crippen LogP contribution >= 0.6 is 0 Å². The fraction of sp³-hybridized carbons (Fsp3) is 0.267. The minimum absolute atomic E-state index is 0.00764. The molecule has 1 amide bonds. The highest BCUT2D eigenvalue weighted by atomic mass is 16.5. The summed E-state index contributed by atoms with van der Waals surface area (Å²) in [7, 11) is 4.55. The third-order valence-electron chi connectivity index (χ3n) is 6.42. The molecule has 0 radical (unpaired) electrons. The van der Waals surface area contributed by atoms with Crippen LogP contribution in [0.1, 0.15) is 28.3 Å². The maximum absolute atomic E-state index is 13.2. The van der Waals surface area contributed by atoms with Crippen molar-refractivity contribution < 1.29 is 33.6 Å². The van der Waals surface area contributed by atoms with E-state index in [0.717, 1.165) is 11.1 Å². The van der Waals surface area contributed by atoms with E-state index in [4.69, 9.17) is 18.9 Å². The van der Waals surface area contributed by atoms with Crippen LogP contribution in [0.3, 0.4) is 0 Å². The number of Topliss-reactive ketones (excluding diaryl/α,β-unsaturated/α-hetero) is 1. The zero-order valence-electron chi connectivity index (χ0n) is 21.9. The number of carbonyl (C=O) groups excluding carboxylic acids is 2. The Kier molecular flexibility index (Phi) is 8.33. The number of ether oxygens (including phenoxy) is 4. The van der Waals surface area contributed by atoms with Crippen LogP contribution < -0.4 is 14.2 Å². The van der Waals surface area contributed by atoms with Gasteiger partial charge in [0.25, 0.3) is 11.7 Å². The van der Waals surface area contributed by atoms with Gasteiger partial charge in [-0.3, -0.25) is 9.59 Å². The number of rotatable bonds is 10. The Morgan fingerprint density at radius 1 is 0.921 bits per heavy atom. The van der Waals surface area contributed by atoms with Crippen LogP contribution in [0.2, 0.25) is 0 Å². The van der Waals surface area contributed by atoms with E-state index in [1.54, 1.807) is 42.5 Å². The van der Waals surface area contributed by atoms with Crippen LogP contribution in [-0.2, 0) is 20.9 Å². The molecule has 0 aromatic heterocycles. The maximum atomic E-state index is 13.2. The van der Waals surface area contributed by atoms with Crippen molar-refractivity contribution in [1.82, 2.24) is 4.90 Å². The first-order valence-corrected chi connectivity index (χ1v) is 12.2. The molecule has 38 heavy (non-hydrogen) atoms. The molecule has 1 fully saturated rings. The van der Waals surface area contributed by atoms with Gasteiger partial charge in [-0.25, -0.2) is 0 Å². The van der Waals surface area contributed by atoms with Crippen molar-refractivity contribution >= 4 is 17.4 Å². The number of nitrogens with zero attached hydrogens (tertiary/aromatic N) is 1. The zero-order chi connectivity index (χ0) is 27.2. The Bertz CT molecular complexity index is 1350. The monoisotopic (exact) mass is 517 g/mol. The Labute approximate surface area is 222 Å². The molecule has 0 spiro atoms. The normalized spacial score (nSPS) is 16.5. The van der Waals surface area contributed by atoms with Crippen LogP contribution in [0.25, 0.3) is 5.76 Å². The highest BCUT2D eigenvalue weighted by Crippen LogP contribution is 2.42. The first-order chi connectivity index (χ1) is 18.4. The first-order valence-electron chi connectivity index (χ1n) is 12.2. The second-order valence-electron chi connectivity index (χ2n) is 8.90. The van der Waals surface area contributed by atoms with E-state index in [2.05, 4.69) is 6.07 Å². The third-order valence-corrected chi connectivity index (χ3v) is 6.42. The first kappa shape index (κ1) is 26.8. The lowest BCUT2D eigenvalue weighted by Gasteiger charge is -2.25. The number of benzene rings is 3. The second kappa shape index (κ2) is 11.8. The lowest BCUT2D eigenvalue weighted by atomic mass is 9.95. The molecule has 0 unspecified atom stereocenters. The number of aliphatic hydroxyl groups is 1. The second-order valence-corrected chi connectivity index (χ2v) is 8.90. The average molecular weight is 518 g/mol. The van der Waals surface area contributed by atoms with Crippen LogP contribution in [0.15, 0.2) is 72.3 Å². The topological polar surface area (TPSA) is 94.5 Å². The van der Waals surface area contributed by atoms with Gasteiger partial charge in [-0.1, -0.05) is 35.9 Å². The highest BCUT2D eigenvalue weighted by molar-refractivity contribution is 6.46. The minimum Gasteiger partial charge on any atom is -0.507 e. The maximum Gasteiger partial charge on any atom is 0.295 e. The summed E-state index contributed by atoms with van der Waals surface area (Å²) in [6.45, 7) is 2.82. The van der Waals surface area contributed by atoms with Crippen molar-refractivity contribution in [2.75, 3.05) is 34.5 Å². The highest BCUT2D eigenvalue weighted by Gasteiger charge is 2.46. The van der Waals surface area contributed by atoms with Gasteiger partial charge in [0, 0.05) is 19.2 Å². The SMILES string of the molecule is COCCN1C(=O)C(=O)/C(=C(/O)c2ccc(OCc3cccc(C)c3)cc2)[C@H]1c1ccc(OC)c(OC)c1. The quantitative estimate of drug-likeness (QED) is 0.237. The van der Waals surface area contributed by atoms with Gasteiger partial charge in [0.1, 0.15) is 18.1 Å². The molecule has 3 aromatic carbocycles. The Balaban J connectivity index is 1.68. The summed E-state index contributed by atoms with van der Waals surface area (Å²) in [5.41, 5.74) is 3.17. The number of methoxy groups -OCH3 is 3. The lowest BCUT2D eigenvalue weighted by Crippen LogP contribution is -2.32. The Morgan fingerprint density at radius 3 is 2.32 bits per heavy atom. The van der Waals surface area contributed by atoms with Gasteiger partial charge in [-0.15, -0.1) is 0 Å². The van der Waals surface area contributed by atoms with Crippen molar-refractivity contribution in [1.29, 1.82) is 0 Å². The van der Waals surface area contributed by atoms with Crippen molar-refractivity contribution in [3.8, 4) is 17.2 Å². The number of aryl methyl sites for hydroxylation is 1. The van der Waals surface area contributed by atoms with Crippen LogP contribution in [0, 0.1) is 6.92 Å². The molecule has 8 heteroatoms. The predicted octanol–water partition coefficient (Wildman–Crippen LogP) is 4.66. The fourth-order valence-electron chi connectivity index (χ4n) is 4.50. The smallest absolute Gasteiger partial charge is 0.295 e. The molecule has 1 atom stereocenters. The van der Waals surface area contributed by atoms with E-state index in [1.165, 1.54) is 26.2 Å². The van der Waals surface area contributed by atoms with Gasteiger partial charge < -0.3 is 29.0 Å². The average Bonchev–Trinajstić information content (AvgIpc) is 3.19. The van der Waals surface area contributed by atoms with Gasteiger partial charge in [0.05, 0.1) is 32.4 Å². The molecule has 1 saturated heterocycles. The molecule has 198 valence electrons. The summed E-state index contributed by atoms with van der Waals surface area (Å²) in [6, 6.07) is 19.1. The minimum atomic E-state index is -0.831.